The van der Waals surface area contributed by atoms with Gasteiger partial charge in [-0.25, -0.2) is 4.79 Å². The first-order valence-electron chi connectivity index (χ1n) is 6.38. The third-order valence-corrected chi connectivity index (χ3v) is 2.72. The highest BCUT2D eigenvalue weighted by molar-refractivity contribution is 5.86. The lowest BCUT2D eigenvalue weighted by atomic mass is 10.1. The Balaban J connectivity index is 2.68. The first-order valence-corrected chi connectivity index (χ1v) is 6.38. The number of nitrogens with one attached hydrogen (secondary N) is 1. The molecule has 0 fully saturated rings. The van der Waals surface area contributed by atoms with Crippen molar-refractivity contribution in [3.05, 3.63) is 35.4 Å². The van der Waals surface area contributed by atoms with Gasteiger partial charge in [-0.1, -0.05) is 18.2 Å². The summed E-state index contributed by atoms with van der Waals surface area (Å²) in [7, 11) is 1.60. The monoisotopic (exact) mass is 277 g/mol. The second kappa shape index (κ2) is 7.99. The van der Waals surface area contributed by atoms with Gasteiger partial charge in [0, 0.05) is 25.1 Å². The molecule has 0 aliphatic rings. The van der Waals surface area contributed by atoms with Gasteiger partial charge in [-0.2, -0.15) is 0 Å². The van der Waals surface area contributed by atoms with Crippen molar-refractivity contribution >= 4 is 18.0 Å². The first kappa shape index (κ1) is 15.8. The molecule has 2 N–H and O–H groups in total. The van der Waals surface area contributed by atoms with Crippen LogP contribution in [0.3, 0.4) is 0 Å². The van der Waals surface area contributed by atoms with Crippen molar-refractivity contribution in [2.45, 2.75) is 19.8 Å². The zero-order valence-electron chi connectivity index (χ0n) is 11.7. The largest absolute Gasteiger partial charge is 0.493 e. The molecule has 20 heavy (non-hydrogen) atoms. The molecule has 5 nitrogen and oxygen atoms in total. The zero-order valence-corrected chi connectivity index (χ0v) is 11.7. The summed E-state index contributed by atoms with van der Waals surface area (Å²) in [4.78, 5) is 21.7. The number of rotatable bonds is 7. The van der Waals surface area contributed by atoms with Crippen LogP contribution in [0.1, 0.15) is 24.0 Å². The van der Waals surface area contributed by atoms with Crippen molar-refractivity contribution in [3.8, 4) is 5.75 Å². The summed E-state index contributed by atoms with van der Waals surface area (Å²) < 4.78 is 5.67. The minimum atomic E-state index is -1.00. The van der Waals surface area contributed by atoms with E-state index in [1.54, 1.807) is 13.1 Å². The Labute approximate surface area is 118 Å². The van der Waals surface area contributed by atoms with Crippen LogP contribution in [0.15, 0.2) is 24.3 Å². The van der Waals surface area contributed by atoms with Crippen LogP contribution in [-0.4, -0.2) is 30.6 Å². The molecule has 0 unspecified atom stereocenters. The van der Waals surface area contributed by atoms with E-state index in [9.17, 15) is 9.59 Å². The molecule has 0 aromatic heterocycles. The van der Waals surface area contributed by atoms with Crippen LogP contribution in [0.2, 0.25) is 0 Å². The molecular formula is C15H19NO4. The molecule has 0 spiro atoms. The molecule has 0 bridgehead atoms. The van der Waals surface area contributed by atoms with Crippen LogP contribution in [0.4, 0.5) is 0 Å². The Morgan fingerprint density at radius 3 is 2.80 bits per heavy atom. The predicted octanol–water partition coefficient (Wildman–Crippen LogP) is 2.00. The summed E-state index contributed by atoms with van der Waals surface area (Å²) >= 11 is 0. The molecule has 0 aliphatic carbocycles. The fourth-order valence-electron chi connectivity index (χ4n) is 1.70. The molecule has 5 heteroatoms. The van der Waals surface area contributed by atoms with Gasteiger partial charge >= 0.3 is 5.97 Å². The minimum absolute atomic E-state index is 0.0237. The Kier molecular flexibility index (Phi) is 6.29. The molecule has 1 rings (SSSR count). The summed E-state index contributed by atoms with van der Waals surface area (Å²) in [5.41, 5.74) is 1.64. The van der Waals surface area contributed by atoms with Gasteiger partial charge in [0.15, 0.2) is 0 Å². The standard InChI is InChI=1S/C15H19NO4/c1-11-5-3-6-12(8-9-14(18)19)15(11)20-10-4-7-13(17)16-2/h3,5-6,8-9H,4,7,10H2,1-2H3,(H,16,17)(H,18,19)/b9-8+. The number of hydrogen-bond acceptors (Lipinski definition) is 3. The van der Waals surface area contributed by atoms with Gasteiger partial charge in [0.2, 0.25) is 5.91 Å². The van der Waals surface area contributed by atoms with E-state index in [-0.39, 0.29) is 5.91 Å². The Morgan fingerprint density at radius 2 is 2.15 bits per heavy atom. The Bertz CT molecular complexity index is 509. The number of ether oxygens (including phenoxy) is 1. The second-order valence-electron chi connectivity index (χ2n) is 4.29. The van der Waals surface area contributed by atoms with Crippen molar-refractivity contribution in [1.29, 1.82) is 0 Å². The van der Waals surface area contributed by atoms with Gasteiger partial charge in [0.25, 0.3) is 0 Å². The summed E-state index contributed by atoms with van der Waals surface area (Å²) in [5.74, 6) is -0.372. The summed E-state index contributed by atoms with van der Waals surface area (Å²) in [6.45, 7) is 2.30. The van der Waals surface area contributed by atoms with E-state index in [2.05, 4.69) is 5.32 Å². The number of amides is 1. The molecule has 0 saturated carbocycles. The van der Waals surface area contributed by atoms with E-state index in [1.165, 1.54) is 6.08 Å². The molecule has 0 radical (unpaired) electrons. The molecule has 108 valence electrons. The fraction of sp³-hybridized carbons (Fsp3) is 0.333. The number of carboxylic acids is 1. The number of carbonyl (C=O) groups excluding carboxylic acids is 1. The van der Waals surface area contributed by atoms with Crippen molar-refractivity contribution < 1.29 is 19.4 Å². The normalized spacial score (nSPS) is 10.5. The van der Waals surface area contributed by atoms with Crippen molar-refractivity contribution in [2.75, 3.05) is 13.7 Å². The van der Waals surface area contributed by atoms with Crippen LogP contribution < -0.4 is 10.1 Å². The lowest BCUT2D eigenvalue weighted by Crippen LogP contribution is -2.18. The highest BCUT2D eigenvalue weighted by atomic mass is 16.5. The van der Waals surface area contributed by atoms with Crippen molar-refractivity contribution in [2.24, 2.45) is 0 Å². The van der Waals surface area contributed by atoms with Gasteiger partial charge < -0.3 is 15.2 Å². The van der Waals surface area contributed by atoms with E-state index in [0.717, 1.165) is 11.6 Å². The van der Waals surface area contributed by atoms with Crippen LogP contribution in [0.5, 0.6) is 5.75 Å². The summed E-state index contributed by atoms with van der Waals surface area (Å²) in [6, 6.07) is 5.53. The maximum atomic E-state index is 11.1. The molecule has 1 aromatic carbocycles. The fourth-order valence-corrected chi connectivity index (χ4v) is 1.70. The SMILES string of the molecule is CNC(=O)CCCOc1c(C)cccc1/C=C/C(=O)O. The van der Waals surface area contributed by atoms with Crippen LogP contribution in [0.25, 0.3) is 6.08 Å². The Hall–Kier alpha value is -2.30. The molecule has 1 aromatic rings. The number of para-hydroxylation sites is 1. The highest BCUT2D eigenvalue weighted by Gasteiger charge is 2.06. The average molecular weight is 277 g/mol. The number of aryl methyl sites for hydroxylation is 1. The summed E-state index contributed by atoms with van der Waals surface area (Å²) in [5, 5.41) is 11.2. The van der Waals surface area contributed by atoms with E-state index < -0.39 is 5.97 Å². The van der Waals surface area contributed by atoms with Crippen LogP contribution >= 0.6 is 0 Å². The Morgan fingerprint density at radius 1 is 1.40 bits per heavy atom. The summed E-state index contributed by atoms with van der Waals surface area (Å²) in [6.07, 6.45) is 3.59. The van der Waals surface area contributed by atoms with E-state index in [0.29, 0.717) is 30.8 Å². The number of benzene rings is 1. The lowest BCUT2D eigenvalue weighted by molar-refractivity contribution is -0.131. The topological polar surface area (TPSA) is 75.6 Å². The second-order valence-corrected chi connectivity index (χ2v) is 4.29. The van der Waals surface area contributed by atoms with Gasteiger partial charge in [0.05, 0.1) is 6.61 Å². The minimum Gasteiger partial charge on any atom is -0.493 e. The van der Waals surface area contributed by atoms with Gasteiger partial charge in [0.1, 0.15) is 5.75 Å². The molecule has 1 amide bonds. The third kappa shape index (κ3) is 5.14. The van der Waals surface area contributed by atoms with E-state index in [4.69, 9.17) is 9.84 Å². The third-order valence-electron chi connectivity index (χ3n) is 2.72. The molecule has 0 heterocycles. The van der Waals surface area contributed by atoms with Gasteiger partial charge in [-0.05, 0) is 25.0 Å². The quantitative estimate of drug-likeness (QED) is 0.590. The lowest BCUT2D eigenvalue weighted by Gasteiger charge is -2.12. The zero-order chi connectivity index (χ0) is 15.0. The molecule has 0 saturated heterocycles. The number of carboxylic acid groups (broad SMARTS) is 1. The van der Waals surface area contributed by atoms with Crippen LogP contribution in [-0.2, 0) is 9.59 Å². The van der Waals surface area contributed by atoms with Crippen molar-refractivity contribution in [1.82, 2.24) is 5.32 Å². The molecular weight excluding hydrogens is 258 g/mol. The number of aliphatic carboxylic acids is 1. The van der Waals surface area contributed by atoms with E-state index in [1.807, 2.05) is 19.1 Å². The maximum absolute atomic E-state index is 11.1. The van der Waals surface area contributed by atoms with E-state index >= 15 is 0 Å². The predicted molar refractivity (Wildman–Crippen MR) is 76.6 cm³/mol. The molecule has 0 aliphatic heterocycles. The molecule has 0 atom stereocenters. The number of carbonyl (C=O) groups is 2. The van der Waals surface area contributed by atoms with Gasteiger partial charge in [-0.3, -0.25) is 4.79 Å². The smallest absolute Gasteiger partial charge is 0.328 e. The number of hydrogen-bond donors (Lipinski definition) is 2. The highest BCUT2D eigenvalue weighted by Crippen LogP contribution is 2.24. The average Bonchev–Trinajstić information content (AvgIpc) is 2.42. The van der Waals surface area contributed by atoms with Crippen molar-refractivity contribution in [3.63, 3.8) is 0 Å². The first-order chi connectivity index (χ1) is 9.54. The maximum Gasteiger partial charge on any atom is 0.328 e. The van der Waals surface area contributed by atoms with Gasteiger partial charge in [-0.15, -0.1) is 0 Å². The van der Waals surface area contributed by atoms with Crippen LogP contribution in [0, 0.1) is 6.92 Å².